The van der Waals surface area contributed by atoms with Gasteiger partial charge >= 0.3 is 0 Å². The van der Waals surface area contributed by atoms with E-state index < -0.39 is 12.2 Å². The fourth-order valence-electron chi connectivity index (χ4n) is 3.41. The van der Waals surface area contributed by atoms with Gasteiger partial charge in [0.2, 0.25) is 5.91 Å². The van der Waals surface area contributed by atoms with Crippen molar-refractivity contribution in [3.8, 4) is 0 Å². The summed E-state index contributed by atoms with van der Waals surface area (Å²) in [4.78, 5) is 28.0. The maximum Gasteiger partial charge on any atom is 0.251 e. The summed E-state index contributed by atoms with van der Waals surface area (Å²) in [5.41, 5.74) is 1.54. The van der Waals surface area contributed by atoms with Gasteiger partial charge in [0.25, 0.3) is 5.91 Å². The van der Waals surface area contributed by atoms with E-state index in [4.69, 9.17) is 4.74 Å². The number of carbonyl (C=O) groups excluding carboxylic acids is 2. The summed E-state index contributed by atoms with van der Waals surface area (Å²) in [6.45, 7) is 2.98. The number of rotatable bonds is 4. The van der Waals surface area contributed by atoms with Crippen molar-refractivity contribution in [3.63, 3.8) is 0 Å². The number of amides is 2. The van der Waals surface area contributed by atoms with Gasteiger partial charge in [0.15, 0.2) is 0 Å². The molecule has 1 aromatic carbocycles. The van der Waals surface area contributed by atoms with Crippen molar-refractivity contribution in [1.82, 2.24) is 15.1 Å². The molecule has 0 unspecified atom stereocenters. The SMILES string of the molecule is CNC(=O)c1ccc(CN2C[C@H](F)C[C@H]2C(=O)N2CCOCC2)cc1. The Hall–Kier alpha value is -1.99. The molecule has 2 aliphatic rings. The minimum Gasteiger partial charge on any atom is -0.378 e. The van der Waals surface area contributed by atoms with Gasteiger partial charge in [-0.05, 0) is 17.7 Å². The first-order chi connectivity index (χ1) is 12.1. The molecule has 0 aliphatic carbocycles. The summed E-state index contributed by atoms with van der Waals surface area (Å²) >= 11 is 0. The van der Waals surface area contributed by atoms with Gasteiger partial charge in [-0.25, -0.2) is 4.39 Å². The van der Waals surface area contributed by atoms with Crippen LogP contribution >= 0.6 is 0 Å². The molecule has 0 spiro atoms. The molecule has 1 N–H and O–H groups in total. The van der Waals surface area contributed by atoms with Crippen LogP contribution in [0.2, 0.25) is 0 Å². The van der Waals surface area contributed by atoms with E-state index >= 15 is 0 Å². The average molecular weight is 349 g/mol. The third-order valence-electron chi connectivity index (χ3n) is 4.79. The zero-order chi connectivity index (χ0) is 17.8. The molecular weight excluding hydrogens is 325 g/mol. The number of nitrogens with zero attached hydrogens (tertiary/aromatic N) is 2. The molecule has 0 saturated carbocycles. The van der Waals surface area contributed by atoms with Crippen LogP contribution in [0.25, 0.3) is 0 Å². The van der Waals surface area contributed by atoms with Gasteiger partial charge in [0.05, 0.1) is 19.3 Å². The topological polar surface area (TPSA) is 61.9 Å². The van der Waals surface area contributed by atoms with Crippen molar-refractivity contribution < 1.29 is 18.7 Å². The number of nitrogens with one attached hydrogen (secondary N) is 1. The molecular formula is C18H24FN3O3. The quantitative estimate of drug-likeness (QED) is 0.874. The third kappa shape index (κ3) is 4.16. The summed E-state index contributed by atoms with van der Waals surface area (Å²) in [6.07, 6.45) is -0.743. The number of alkyl halides is 1. The minimum atomic E-state index is -0.986. The first-order valence-electron chi connectivity index (χ1n) is 8.64. The highest BCUT2D eigenvalue weighted by Gasteiger charge is 2.39. The highest BCUT2D eigenvalue weighted by Crippen LogP contribution is 2.25. The zero-order valence-electron chi connectivity index (χ0n) is 14.4. The lowest BCUT2D eigenvalue weighted by molar-refractivity contribution is -0.140. The zero-order valence-corrected chi connectivity index (χ0v) is 14.4. The Morgan fingerprint density at radius 3 is 2.56 bits per heavy atom. The van der Waals surface area contributed by atoms with Gasteiger partial charge in [-0.2, -0.15) is 0 Å². The van der Waals surface area contributed by atoms with Crippen LogP contribution < -0.4 is 5.32 Å². The van der Waals surface area contributed by atoms with Gasteiger partial charge in [0, 0.05) is 45.2 Å². The molecule has 1 aromatic rings. The van der Waals surface area contributed by atoms with Crippen LogP contribution in [0.4, 0.5) is 4.39 Å². The Bertz CT molecular complexity index is 616. The van der Waals surface area contributed by atoms with Crippen LogP contribution in [0.1, 0.15) is 22.3 Å². The molecule has 2 atom stereocenters. The molecule has 2 fully saturated rings. The number of hydrogen-bond acceptors (Lipinski definition) is 4. The van der Waals surface area contributed by atoms with E-state index in [9.17, 15) is 14.0 Å². The molecule has 3 rings (SSSR count). The lowest BCUT2D eigenvalue weighted by Crippen LogP contribution is -2.49. The molecule has 0 bridgehead atoms. The summed E-state index contributed by atoms with van der Waals surface area (Å²) in [6, 6.07) is 6.77. The van der Waals surface area contributed by atoms with Gasteiger partial charge in [0.1, 0.15) is 6.17 Å². The molecule has 25 heavy (non-hydrogen) atoms. The van der Waals surface area contributed by atoms with Crippen LogP contribution in [-0.4, -0.2) is 73.7 Å². The predicted molar refractivity (Wildman–Crippen MR) is 90.9 cm³/mol. The number of carbonyl (C=O) groups is 2. The summed E-state index contributed by atoms with van der Waals surface area (Å²) in [5.74, 6) is -0.151. The van der Waals surface area contributed by atoms with E-state index in [1.165, 1.54) is 0 Å². The summed E-state index contributed by atoms with van der Waals surface area (Å²) < 4.78 is 19.3. The van der Waals surface area contributed by atoms with E-state index in [1.807, 2.05) is 17.0 Å². The molecule has 7 heteroatoms. The monoisotopic (exact) mass is 349 g/mol. The van der Waals surface area contributed by atoms with Gasteiger partial charge in [-0.1, -0.05) is 12.1 Å². The van der Waals surface area contributed by atoms with Crippen LogP contribution in [-0.2, 0) is 16.1 Å². The maximum atomic E-state index is 14.0. The Balaban J connectivity index is 1.67. The van der Waals surface area contributed by atoms with Crippen molar-refractivity contribution in [2.75, 3.05) is 39.9 Å². The molecule has 136 valence electrons. The van der Waals surface area contributed by atoms with E-state index in [1.54, 1.807) is 24.1 Å². The second-order valence-electron chi connectivity index (χ2n) is 6.49. The van der Waals surface area contributed by atoms with E-state index in [0.29, 0.717) is 38.4 Å². The molecule has 6 nitrogen and oxygen atoms in total. The number of benzene rings is 1. The standard InChI is InChI=1S/C18H24FN3O3/c1-20-17(23)14-4-2-13(3-5-14)11-22-12-15(19)10-16(22)18(24)21-6-8-25-9-7-21/h2-5,15-16H,6-12H2,1H3,(H,20,23)/t15-,16+/m1/s1. The van der Waals surface area contributed by atoms with Gasteiger partial charge in [-0.15, -0.1) is 0 Å². The Morgan fingerprint density at radius 1 is 1.24 bits per heavy atom. The number of likely N-dealkylation sites (tertiary alicyclic amines) is 1. The molecule has 2 aliphatic heterocycles. The molecule has 2 saturated heterocycles. The molecule has 2 amide bonds. The van der Waals surface area contributed by atoms with E-state index in [0.717, 1.165) is 5.56 Å². The first-order valence-corrected chi connectivity index (χ1v) is 8.64. The van der Waals surface area contributed by atoms with E-state index in [2.05, 4.69) is 5.32 Å². The number of ether oxygens (including phenoxy) is 1. The Kier molecular flexibility index (Phi) is 5.65. The maximum absolute atomic E-state index is 14.0. The lowest BCUT2D eigenvalue weighted by atomic mass is 10.1. The largest absolute Gasteiger partial charge is 0.378 e. The van der Waals surface area contributed by atoms with Crippen LogP contribution in [0.5, 0.6) is 0 Å². The summed E-state index contributed by atoms with van der Waals surface area (Å²) in [7, 11) is 1.59. The number of halogens is 1. The van der Waals surface area contributed by atoms with Crippen molar-refractivity contribution in [1.29, 1.82) is 0 Å². The van der Waals surface area contributed by atoms with Crippen molar-refractivity contribution >= 4 is 11.8 Å². The third-order valence-corrected chi connectivity index (χ3v) is 4.79. The second kappa shape index (κ2) is 7.93. The fraction of sp³-hybridized carbons (Fsp3) is 0.556. The van der Waals surface area contributed by atoms with Crippen molar-refractivity contribution in [3.05, 3.63) is 35.4 Å². The van der Waals surface area contributed by atoms with E-state index in [-0.39, 0.29) is 24.8 Å². The van der Waals surface area contributed by atoms with Crippen LogP contribution in [0.3, 0.4) is 0 Å². The predicted octanol–water partition coefficient (Wildman–Crippen LogP) is 0.817. The second-order valence-corrected chi connectivity index (χ2v) is 6.49. The normalized spacial score (nSPS) is 24.3. The Labute approximate surface area is 146 Å². The number of hydrogen-bond donors (Lipinski definition) is 1. The van der Waals surface area contributed by atoms with Gasteiger partial charge < -0.3 is 15.0 Å². The molecule has 2 heterocycles. The van der Waals surface area contributed by atoms with Gasteiger partial charge in [-0.3, -0.25) is 14.5 Å². The minimum absolute atomic E-state index is 0.00886. The van der Waals surface area contributed by atoms with Crippen LogP contribution in [0, 0.1) is 0 Å². The smallest absolute Gasteiger partial charge is 0.251 e. The summed E-state index contributed by atoms with van der Waals surface area (Å²) in [5, 5.41) is 2.58. The first kappa shape index (κ1) is 17.8. The Morgan fingerprint density at radius 2 is 1.92 bits per heavy atom. The van der Waals surface area contributed by atoms with Crippen molar-refractivity contribution in [2.45, 2.75) is 25.2 Å². The number of morpholine rings is 1. The highest BCUT2D eigenvalue weighted by atomic mass is 19.1. The van der Waals surface area contributed by atoms with Crippen molar-refractivity contribution in [2.24, 2.45) is 0 Å². The lowest BCUT2D eigenvalue weighted by Gasteiger charge is -2.32. The molecule has 0 aromatic heterocycles. The van der Waals surface area contributed by atoms with Crippen LogP contribution in [0.15, 0.2) is 24.3 Å². The average Bonchev–Trinajstić information content (AvgIpc) is 3.02. The highest BCUT2D eigenvalue weighted by molar-refractivity contribution is 5.93. The fourth-order valence-corrected chi connectivity index (χ4v) is 3.41. The molecule has 0 radical (unpaired) electrons.